The SMILES string of the molecule is CCn1cc(CC(=O)O)c2c(C)ccc(C)c21. The lowest BCUT2D eigenvalue weighted by molar-refractivity contribution is -0.136. The minimum absolute atomic E-state index is 0.0911. The van der Waals surface area contributed by atoms with Gasteiger partial charge in [0, 0.05) is 18.1 Å². The summed E-state index contributed by atoms with van der Waals surface area (Å²) < 4.78 is 2.13. The van der Waals surface area contributed by atoms with Crippen molar-refractivity contribution in [2.75, 3.05) is 0 Å². The highest BCUT2D eigenvalue weighted by Gasteiger charge is 2.14. The van der Waals surface area contributed by atoms with E-state index in [9.17, 15) is 4.79 Å². The van der Waals surface area contributed by atoms with Gasteiger partial charge in [-0.2, -0.15) is 0 Å². The second-order valence-electron chi connectivity index (χ2n) is 4.43. The maximum atomic E-state index is 10.9. The van der Waals surface area contributed by atoms with Gasteiger partial charge in [-0.25, -0.2) is 0 Å². The van der Waals surface area contributed by atoms with Gasteiger partial charge in [0.15, 0.2) is 0 Å². The lowest BCUT2D eigenvalue weighted by atomic mass is 10.0. The van der Waals surface area contributed by atoms with Crippen molar-refractivity contribution in [3.8, 4) is 0 Å². The first-order valence-electron chi connectivity index (χ1n) is 5.84. The van der Waals surface area contributed by atoms with Crippen molar-refractivity contribution in [3.63, 3.8) is 0 Å². The topological polar surface area (TPSA) is 42.2 Å². The summed E-state index contributed by atoms with van der Waals surface area (Å²) in [5.41, 5.74) is 4.43. The van der Waals surface area contributed by atoms with Crippen LogP contribution in [0.3, 0.4) is 0 Å². The number of carbonyl (C=O) groups is 1. The van der Waals surface area contributed by atoms with Gasteiger partial charge < -0.3 is 9.67 Å². The zero-order chi connectivity index (χ0) is 12.6. The molecule has 1 N–H and O–H groups in total. The number of rotatable bonds is 3. The lowest BCUT2D eigenvalue weighted by Crippen LogP contribution is -1.99. The molecule has 0 saturated carbocycles. The summed E-state index contributed by atoms with van der Waals surface area (Å²) in [5, 5.41) is 10.1. The van der Waals surface area contributed by atoms with Crippen molar-refractivity contribution >= 4 is 16.9 Å². The molecule has 0 bridgehead atoms. The Labute approximate surface area is 101 Å². The van der Waals surface area contributed by atoms with E-state index in [1.54, 1.807) is 0 Å². The minimum Gasteiger partial charge on any atom is -0.481 e. The number of carboxylic acid groups (broad SMARTS) is 1. The molecular formula is C14H17NO2. The van der Waals surface area contributed by atoms with Gasteiger partial charge in [-0.1, -0.05) is 12.1 Å². The van der Waals surface area contributed by atoms with Crippen LogP contribution >= 0.6 is 0 Å². The summed E-state index contributed by atoms with van der Waals surface area (Å²) in [5.74, 6) is -0.777. The molecule has 0 unspecified atom stereocenters. The Morgan fingerprint density at radius 1 is 1.29 bits per heavy atom. The molecular weight excluding hydrogens is 214 g/mol. The van der Waals surface area contributed by atoms with Crippen LogP contribution < -0.4 is 0 Å². The van der Waals surface area contributed by atoms with Gasteiger partial charge in [-0.05, 0) is 37.5 Å². The Morgan fingerprint density at radius 2 is 1.94 bits per heavy atom. The number of hydrogen-bond donors (Lipinski definition) is 1. The molecule has 0 fully saturated rings. The van der Waals surface area contributed by atoms with E-state index in [0.717, 1.165) is 23.1 Å². The van der Waals surface area contributed by atoms with Crippen LogP contribution in [0.5, 0.6) is 0 Å². The number of aliphatic carboxylic acids is 1. The molecule has 90 valence electrons. The van der Waals surface area contributed by atoms with Crippen LogP contribution in [0.1, 0.15) is 23.6 Å². The van der Waals surface area contributed by atoms with Gasteiger partial charge in [-0.3, -0.25) is 4.79 Å². The normalized spacial score (nSPS) is 11.0. The third kappa shape index (κ3) is 1.93. The standard InChI is InChI=1S/C14H17NO2/c1-4-15-8-11(7-12(16)17)13-9(2)5-6-10(3)14(13)15/h5-6,8H,4,7H2,1-3H3,(H,16,17). The average molecular weight is 231 g/mol. The van der Waals surface area contributed by atoms with Crippen LogP contribution in [0.15, 0.2) is 18.3 Å². The van der Waals surface area contributed by atoms with E-state index in [0.29, 0.717) is 0 Å². The Bertz CT molecular complexity index is 581. The summed E-state index contributed by atoms with van der Waals surface area (Å²) in [7, 11) is 0. The molecule has 2 aromatic rings. The minimum atomic E-state index is -0.777. The molecule has 0 atom stereocenters. The molecule has 0 aliphatic rings. The maximum Gasteiger partial charge on any atom is 0.307 e. The average Bonchev–Trinajstić information content (AvgIpc) is 2.62. The van der Waals surface area contributed by atoms with E-state index < -0.39 is 5.97 Å². The monoisotopic (exact) mass is 231 g/mol. The fourth-order valence-corrected chi connectivity index (χ4v) is 2.44. The number of benzene rings is 1. The highest BCUT2D eigenvalue weighted by Crippen LogP contribution is 2.28. The summed E-state index contributed by atoms with van der Waals surface area (Å²) in [4.78, 5) is 10.9. The Hall–Kier alpha value is -1.77. The predicted octanol–water partition coefficient (Wildman–Crippen LogP) is 2.91. The third-order valence-corrected chi connectivity index (χ3v) is 3.19. The van der Waals surface area contributed by atoms with Crippen molar-refractivity contribution in [1.29, 1.82) is 0 Å². The quantitative estimate of drug-likeness (QED) is 0.882. The van der Waals surface area contributed by atoms with E-state index >= 15 is 0 Å². The first-order valence-corrected chi connectivity index (χ1v) is 5.84. The van der Waals surface area contributed by atoms with E-state index in [-0.39, 0.29) is 6.42 Å². The fraction of sp³-hybridized carbons (Fsp3) is 0.357. The molecule has 2 rings (SSSR count). The van der Waals surface area contributed by atoms with Crippen LogP contribution in [0.4, 0.5) is 0 Å². The first kappa shape index (κ1) is 11.7. The van der Waals surface area contributed by atoms with E-state index in [1.165, 1.54) is 11.1 Å². The number of fused-ring (bicyclic) bond motifs is 1. The number of hydrogen-bond acceptors (Lipinski definition) is 1. The molecule has 0 aliphatic heterocycles. The van der Waals surface area contributed by atoms with Gasteiger partial charge in [0.25, 0.3) is 0 Å². The lowest BCUT2D eigenvalue weighted by Gasteiger charge is -2.05. The molecule has 0 aliphatic carbocycles. The van der Waals surface area contributed by atoms with Crippen LogP contribution in [0.25, 0.3) is 10.9 Å². The Morgan fingerprint density at radius 3 is 2.53 bits per heavy atom. The second-order valence-corrected chi connectivity index (χ2v) is 4.43. The molecule has 3 nitrogen and oxygen atoms in total. The van der Waals surface area contributed by atoms with Crippen LogP contribution in [-0.2, 0) is 17.8 Å². The largest absolute Gasteiger partial charge is 0.481 e. The molecule has 1 aromatic heterocycles. The van der Waals surface area contributed by atoms with Crippen LogP contribution in [-0.4, -0.2) is 15.6 Å². The van der Waals surface area contributed by atoms with Crippen LogP contribution in [0.2, 0.25) is 0 Å². The van der Waals surface area contributed by atoms with Crippen molar-refractivity contribution in [2.24, 2.45) is 0 Å². The van der Waals surface area contributed by atoms with Crippen LogP contribution in [0, 0.1) is 13.8 Å². The fourth-order valence-electron chi connectivity index (χ4n) is 2.44. The van der Waals surface area contributed by atoms with E-state index in [1.807, 2.05) is 13.1 Å². The molecule has 3 heteroatoms. The molecule has 1 heterocycles. The number of nitrogens with zero attached hydrogens (tertiary/aromatic N) is 1. The second kappa shape index (κ2) is 4.24. The van der Waals surface area contributed by atoms with Crippen molar-refractivity contribution < 1.29 is 9.90 Å². The Balaban J connectivity index is 2.77. The summed E-state index contributed by atoms with van der Waals surface area (Å²) in [6.07, 6.45) is 2.06. The summed E-state index contributed by atoms with van der Waals surface area (Å²) >= 11 is 0. The van der Waals surface area contributed by atoms with Gasteiger partial charge in [0.05, 0.1) is 11.9 Å². The number of aromatic nitrogens is 1. The molecule has 1 aromatic carbocycles. The van der Waals surface area contributed by atoms with Gasteiger partial charge in [-0.15, -0.1) is 0 Å². The number of carboxylic acids is 1. The molecule has 17 heavy (non-hydrogen) atoms. The molecule has 0 radical (unpaired) electrons. The van der Waals surface area contributed by atoms with Crippen molar-refractivity contribution in [2.45, 2.75) is 33.7 Å². The van der Waals surface area contributed by atoms with Crippen molar-refractivity contribution in [1.82, 2.24) is 4.57 Å². The van der Waals surface area contributed by atoms with Gasteiger partial charge in [0.1, 0.15) is 0 Å². The van der Waals surface area contributed by atoms with Gasteiger partial charge in [0.2, 0.25) is 0 Å². The predicted molar refractivity (Wildman–Crippen MR) is 68.4 cm³/mol. The third-order valence-electron chi connectivity index (χ3n) is 3.19. The molecule has 0 amide bonds. The van der Waals surface area contributed by atoms with E-state index in [4.69, 9.17) is 5.11 Å². The smallest absolute Gasteiger partial charge is 0.307 e. The summed E-state index contributed by atoms with van der Waals surface area (Å²) in [6, 6.07) is 4.15. The molecule has 0 spiro atoms. The zero-order valence-electron chi connectivity index (χ0n) is 10.4. The molecule has 0 saturated heterocycles. The number of aryl methyl sites for hydroxylation is 3. The van der Waals surface area contributed by atoms with Crippen molar-refractivity contribution in [3.05, 3.63) is 35.0 Å². The maximum absolute atomic E-state index is 10.9. The highest BCUT2D eigenvalue weighted by molar-refractivity contribution is 5.92. The van der Waals surface area contributed by atoms with Gasteiger partial charge >= 0.3 is 5.97 Å². The first-order chi connectivity index (χ1) is 8.04. The summed E-state index contributed by atoms with van der Waals surface area (Å²) in [6.45, 7) is 7.04. The highest BCUT2D eigenvalue weighted by atomic mass is 16.4. The Kier molecular flexibility index (Phi) is 2.92. The van der Waals surface area contributed by atoms with E-state index in [2.05, 4.69) is 30.5 Å². The zero-order valence-corrected chi connectivity index (χ0v) is 10.4.